The standard InChI is InChI=1S/C25H47N9O8/c1-13(2)8-16(22(39)34-18(12-35)23(40)33-17(24(41)42)9-14(3)4)32-20(37)11-30-21(38)15(31-19(36)10-26)6-5-7-29-25(27)28/h13-18,35H,5-12,26H2,1-4H3,(H,30,38)(H,31,36)(H,32,37)(H,33,40)(H,34,39)(H,41,42)(H4,27,28,29)/t15-,16-,17-,18-/m0/s1. The number of carbonyl (C=O) groups excluding carboxylic acids is 5. The number of carboxylic acid groups (broad SMARTS) is 1. The lowest BCUT2D eigenvalue weighted by molar-refractivity contribution is -0.143. The summed E-state index contributed by atoms with van der Waals surface area (Å²) in [5.74, 6) is -5.19. The average Bonchev–Trinajstić information content (AvgIpc) is 2.89. The van der Waals surface area contributed by atoms with Crippen LogP contribution >= 0.6 is 0 Å². The van der Waals surface area contributed by atoms with Gasteiger partial charge in [-0.3, -0.25) is 29.0 Å². The van der Waals surface area contributed by atoms with Gasteiger partial charge in [-0.2, -0.15) is 0 Å². The van der Waals surface area contributed by atoms with Crippen LogP contribution in [-0.4, -0.2) is 102 Å². The molecule has 0 heterocycles. The molecule has 42 heavy (non-hydrogen) atoms. The molecular weight excluding hydrogens is 554 g/mol. The Hall–Kier alpha value is -3.99. The third kappa shape index (κ3) is 16.3. The Balaban J connectivity index is 5.31. The molecule has 240 valence electrons. The van der Waals surface area contributed by atoms with Gasteiger partial charge in [0.2, 0.25) is 29.5 Å². The number of nitrogens with zero attached hydrogens (tertiary/aromatic N) is 1. The molecule has 0 aromatic heterocycles. The fraction of sp³-hybridized carbons (Fsp3) is 0.720. The number of guanidine groups is 1. The summed E-state index contributed by atoms with van der Waals surface area (Å²) in [5, 5.41) is 31.0. The quantitative estimate of drug-likeness (QED) is 0.0367. The number of nitrogens with two attached hydrogens (primary N) is 3. The van der Waals surface area contributed by atoms with Crippen LogP contribution in [0.15, 0.2) is 4.99 Å². The van der Waals surface area contributed by atoms with Crippen LogP contribution in [-0.2, 0) is 28.8 Å². The minimum absolute atomic E-state index is 0.0448. The minimum atomic E-state index is -1.47. The van der Waals surface area contributed by atoms with Gasteiger partial charge in [-0.1, -0.05) is 27.7 Å². The molecule has 5 amide bonds. The van der Waals surface area contributed by atoms with Crippen LogP contribution in [0.25, 0.3) is 0 Å². The minimum Gasteiger partial charge on any atom is -0.480 e. The zero-order chi connectivity index (χ0) is 32.4. The van der Waals surface area contributed by atoms with Crippen LogP contribution in [0.1, 0.15) is 53.4 Å². The number of hydrogen-bond acceptors (Lipinski definition) is 9. The second-order valence-corrected chi connectivity index (χ2v) is 10.5. The van der Waals surface area contributed by atoms with Gasteiger partial charge in [0, 0.05) is 6.54 Å². The molecule has 0 unspecified atom stereocenters. The van der Waals surface area contributed by atoms with Crippen molar-refractivity contribution < 1.29 is 39.0 Å². The Bertz CT molecular complexity index is 954. The van der Waals surface area contributed by atoms with E-state index in [-0.39, 0.29) is 50.1 Å². The molecule has 0 aliphatic heterocycles. The molecule has 0 aromatic rings. The smallest absolute Gasteiger partial charge is 0.326 e. The first-order valence-corrected chi connectivity index (χ1v) is 13.7. The van der Waals surface area contributed by atoms with Crippen molar-refractivity contribution in [3.63, 3.8) is 0 Å². The summed E-state index contributed by atoms with van der Waals surface area (Å²) in [6.07, 6.45) is 0.779. The van der Waals surface area contributed by atoms with Crippen LogP contribution in [0.2, 0.25) is 0 Å². The first-order valence-electron chi connectivity index (χ1n) is 13.7. The Kier molecular flexibility index (Phi) is 18.1. The van der Waals surface area contributed by atoms with E-state index < -0.39 is 72.8 Å². The summed E-state index contributed by atoms with van der Waals surface area (Å²) >= 11 is 0. The largest absolute Gasteiger partial charge is 0.480 e. The molecule has 0 aliphatic carbocycles. The van der Waals surface area contributed by atoms with Crippen LogP contribution in [0.4, 0.5) is 0 Å². The Morgan fingerprint density at radius 2 is 1.26 bits per heavy atom. The first kappa shape index (κ1) is 38.0. The highest BCUT2D eigenvalue weighted by Gasteiger charge is 2.30. The fourth-order valence-electron chi connectivity index (χ4n) is 3.70. The summed E-state index contributed by atoms with van der Waals surface area (Å²) < 4.78 is 0. The Morgan fingerprint density at radius 3 is 1.76 bits per heavy atom. The van der Waals surface area contributed by atoms with Gasteiger partial charge in [-0.05, 0) is 37.5 Å². The van der Waals surface area contributed by atoms with E-state index in [4.69, 9.17) is 17.2 Å². The highest BCUT2D eigenvalue weighted by molar-refractivity contribution is 5.95. The number of carbonyl (C=O) groups is 6. The lowest BCUT2D eigenvalue weighted by Crippen LogP contribution is -2.58. The molecule has 17 nitrogen and oxygen atoms in total. The molecule has 0 aliphatic rings. The van der Waals surface area contributed by atoms with Crippen molar-refractivity contribution in [3.05, 3.63) is 0 Å². The van der Waals surface area contributed by atoms with Gasteiger partial charge >= 0.3 is 5.97 Å². The van der Waals surface area contributed by atoms with Crippen molar-refractivity contribution >= 4 is 41.5 Å². The predicted octanol–water partition coefficient (Wildman–Crippen LogP) is -3.78. The number of aliphatic hydroxyl groups excluding tert-OH is 1. The monoisotopic (exact) mass is 601 g/mol. The van der Waals surface area contributed by atoms with Crippen molar-refractivity contribution in [1.82, 2.24) is 26.6 Å². The van der Waals surface area contributed by atoms with Gasteiger partial charge in [-0.15, -0.1) is 0 Å². The van der Waals surface area contributed by atoms with Gasteiger partial charge in [-0.25, -0.2) is 4.79 Å². The summed E-state index contributed by atoms with van der Waals surface area (Å²) in [5.41, 5.74) is 15.9. The van der Waals surface area contributed by atoms with Gasteiger partial charge < -0.3 is 54.0 Å². The third-order valence-electron chi connectivity index (χ3n) is 5.70. The summed E-state index contributed by atoms with van der Waals surface area (Å²) in [7, 11) is 0. The highest BCUT2D eigenvalue weighted by Crippen LogP contribution is 2.07. The molecular formula is C25H47N9O8. The molecule has 0 bridgehead atoms. The van der Waals surface area contributed by atoms with E-state index in [0.29, 0.717) is 6.42 Å². The molecule has 17 heteroatoms. The topological polar surface area (TPSA) is 293 Å². The first-order chi connectivity index (χ1) is 19.6. The maximum atomic E-state index is 13.0. The number of amides is 5. The van der Waals surface area contributed by atoms with Crippen LogP contribution in [0.3, 0.4) is 0 Å². The molecule has 0 spiro atoms. The number of aliphatic carboxylic acids is 1. The van der Waals surface area contributed by atoms with E-state index in [1.54, 1.807) is 27.7 Å². The van der Waals surface area contributed by atoms with Gasteiger partial charge in [0.1, 0.15) is 24.2 Å². The normalized spacial score (nSPS) is 13.7. The maximum absolute atomic E-state index is 13.0. The maximum Gasteiger partial charge on any atom is 0.326 e. The van der Waals surface area contributed by atoms with Crippen molar-refractivity contribution in [2.75, 3.05) is 26.2 Å². The van der Waals surface area contributed by atoms with Crippen molar-refractivity contribution in [2.45, 2.75) is 77.5 Å². The Morgan fingerprint density at radius 1 is 0.738 bits per heavy atom. The second-order valence-electron chi connectivity index (χ2n) is 10.5. The number of carboxylic acids is 1. The molecule has 0 saturated carbocycles. The number of nitrogens with one attached hydrogen (secondary N) is 5. The number of rotatable bonds is 20. The fourth-order valence-corrected chi connectivity index (χ4v) is 3.70. The molecule has 0 rings (SSSR count). The molecule has 13 N–H and O–H groups in total. The van der Waals surface area contributed by atoms with E-state index in [0.717, 1.165) is 0 Å². The van der Waals surface area contributed by atoms with Crippen LogP contribution in [0.5, 0.6) is 0 Å². The summed E-state index contributed by atoms with van der Waals surface area (Å²) in [6.45, 7) is 5.64. The van der Waals surface area contributed by atoms with Crippen LogP contribution < -0.4 is 43.8 Å². The van der Waals surface area contributed by atoms with Gasteiger partial charge in [0.25, 0.3) is 0 Å². The SMILES string of the molecule is CC(C)C[C@H](NC(=O)[C@H](CO)NC(=O)[C@H](CC(C)C)NC(=O)CNC(=O)[C@H](CCCN=C(N)N)NC(=O)CN)C(=O)O. The lowest BCUT2D eigenvalue weighted by atomic mass is 10.0. The predicted molar refractivity (Wildman–Crippen MR) is 153 cm³/mol. The highest BCUT2D eigenvalue weighted by atomic mass is 16.4. The number of aliphatic hydroxyl groups is 1. The third-order valence-corrected chi connectivity index (χ3v) is 5.70. The zero-order valence-corrected chi connectivity index (χ0v) is 24.6. The molecule has 0 saturated heterocycles. The van der Waals surface area contributed by atoms with E-state index in [9.17, 15) is 39.0 Å². The van der Waals surface area contributed by atoms with Gasteiger partial charge in [0.05, 0.1) is 19.7 Å². The average molecular weight is 602 g/mol. The number of aliphatic imine (C=N–C) groups is 1. The van der Waals surface area contributed by atoms with Crippen molar-refractivity contribution in [1.29, 1.82) is 0 Å². The second kappa shape index (κ2) is 20.0. The summed E-state index contributed by atoms with van der Waals surface area (Å²) in [6, 6.07) is -4.85. The van der Waals surface area contributed by atoms with E-state index in [1.807, 2.05) is 0 Å². The van der Waals surface area contributed by atoms with Crippen molar-refractivity contribution in [2.24, 2.45) is 34.0 Å². The van der Waals surface area contributed by atoms with E-state index in [1.165, 1.54) is 0 Å². The van der Waals surface area contributed by atoms with Gasteiger partial charge in [0.15, 0.2) is 5.96 Å². The zero-order valence-electron chi connectivity index (χ0n) is 24.6. The molecule has 0 radical (unpaired) electrons. The Labute approximate surface area is 245 Å². The molecule has 0 fully saturated rings. The molecule has 0 aromatic carbocycles. The number of hydrogen-bond donors (Lipinski definition) is 10. The lowest BCUT2D eigenvalue weighted by Gasteiger charge is -2.25. The summed E-state index contributed by atoms with van der Waals surface area (Å²) in [4.78, 5) is 77.9. The van der Waals surface area contributed by atoms with E-state index >= 15 is 0 Å². The van der Waals surface area contributed by atoms with Crippen molar-refractivity contribution in [3.8, 4) is 0 Å². The van der Waals surface area contributed by atoms with Crippen LogP contribution in [0, 0.1) is 11.8 Å². The van der Waals surface area contributed by atoms with E-state index in [2.05, 4.69) is 31.6 Å². The molecule has 4 atom stereocenters.